The summed E-state index contributed by atoms with van der Waals surface area (Å²) in [6.07, 6.45) is 3.48. The third-order valence-corrected chi connectivity index (χ3v) is 2.32. The first kappa shape index (κ1) is 11.1. The summed E-state index contributed by atoms with van der Waals surface area (Å²) in [6.45, 7) is 3.03. The average Bonchev–Trinajstić information content (AvgIpc) is 2.59. The van der Waals surface area contributed by atoms with Gasteiger partial charge in [-0.25, -0.2) is 0 Å². The molecule has 1 aromatic rings. The number of aromatic nitrogens is 3. The van der Waals surface area contributed by atoms with Crippen LogP contribution in [0.4, 0.5) is 0 Å². The van der Waals surface area contributed by atoms with E-state index in [1.165, 1.54) is 0 Å². The van der Waals surface area contributed by atoms with Gasteiger partial charge >= 0.3 is 0 Å². The van der Waals surface area contributed by atoms with Gasteiger partial charge in [-0.2, -0.15) is 0 Å². The van der Waals surface area contributed by atoms with E-state index in [4.69, 9.17) is 5.11 Å². The highest BCUT2D eigenvalue weighted by Gasteiger charge is 2.06. The maximum atomic E-state index is 8.81. The zero-order valence-corrected chi connectivity index (χ0v) is 8.77. The van der Waals surface area contributed by atoms with Gasteiger partial charge in [-0.15, -0.1) is 10.2 Å². The van der Waals surface area contributed by atoms with Crippen molar-refractivity contribution in [3.8, 4) is 0 Å². The minimum atomic E-state index is 0.227. The quantitative estimate of drug-likeness (QED) is 0.679. The molecule has 0 aliphatic rings. The first-order valence-corrected chi connectivity index (χ1v) is 4.95. The van der Waals surface area contributed by atoms with Crippen molar-refractivity contribution >= 4 is 0 Å². The molecule has 0 spiro atoms. The fourth-order valence-corrected chi connectivity index (χ4v) is 1.31. The van der Waals surface area contributed by atoms with E-state index in [1.807, 2.05) is 11.6 Å². The summed E-state index contributed by atoms with van der Waals surface area (Å²) in [6, 6.07) is 0.358. The van der Waals surface area contributed by atoms with Crippen LogP contribution in [0.3, 0.4) is 0 Å². The van der Waals surface area contributed by atoms with Gasteiger partial charge in [0.1, 0.15) is 12.2 Å². The van der Waals surface area contributed by atoms with Gasteiger partial charge in [0.05, 0.1) is 6.54 Å². The van der Waals surface area contributed by atoms with E-state index in [9.17, 15) is 0 Å². The van der Waals surface area contributed by atoms with E-state index in [0.717, 1.165) is 18.7 Å². The first-order valence-electron chi connectivity index (χ1n) is 4.95. The number of aryl methyl sites for hydroxylation is 1. The highest BCUT2D eigenvalue weighted by Crippen LogP contribution is 1.98. The Morgan fingerprint density at radius 2 is 2.43 bits per heavy atom. The Balaban J connectivity index is 2.35. The lowest BCUT2D eigenvalue weighted by Gasteiger charge is -2.14. The first-order chi connectivity index (χ1) is 6.77. The lowest BCUT2D eigenvalue weighted by atomic mass is 10.1. The molecule has 0 bridgehead atoms. The third kappa shape index (κ3) is 3.08. The Hall–Kier alpha value is -0.940. The highest BCUT2D eigenvalue weighted by molar-refractivity contribution is 4.84. The Kier molecular flexibility index (Phi) is 4.55. The number of aliphatic hydroxyl groups excluding tert-OH is 1. The van der Waals surface area contributed by atoms with Crippen LogP contribution in [0, 0.1) is 0 Å². The maximum Gasteiger partial charge on any atom is 0.146 e. The van der Waals surface area contributed by atoms with E-state index >= 15 is 0 Å². The summed E-state index contributed by atoms with van der Waals surface area (Å²) in [5.74, 6) is 0.918. The Morgan fingerprint density at radius 1 is 1.64 bits per heavy atom. The van der Waals surface area contributed by atoms with Crippen molar-refractivity contribution in [2.24, 2.45) is 7.05 Å². The SMILES string of the molecule is CCC(CCO)NCc1nncn1C. The molecule has 0 saturated carbocycles. The van der Waals surface area contributed by atoms with Crippen LogP contribution in [0.5, 0.6) is 0 Å². The summed E-state index contributed by atoms with van der Waals surface area (Å²) in [5.41, 5.74) is 0. The molecule has 1 aromatic heterocycles. The zero-order valence-electron chi connectivity index (χ0n) is 8.77. The van der Waals surface area contributed by atoms with Crippen molar-refractivity contribution in [3.63, 3.8) is 0 Å². The molecule has 5 nitrogen and oxygen atoms in total. The Morgan fingerprint density at radius 3 is 2.93 bits per heavy atom. The van der Waals surface area contributed by atoms with Crippen molar-refractivity contribution in [1.29, 1.82) is 0 Å². The molecule has 5 heteroatoms. The third-order valence-electron chi connectivity index (χ3n) is 2.32. The number of nitrogens with zero attached hydrogens (tertiary/aromatic N) is 3. The second-order valence-corrected chi connectivity index (χ2v) is 3.36. The van der Waals surface area contributed by atoms with E-state index in [2.05, 4.69) is 22.4 Å². The number of aliphatic hydroxyl groups is 1. The molecule has 1 unspecified atom stereocenters. The molecule has 2 N–H and O–H groups in total. The molecule has 1 heterocycles. The molecule has 80 valence electrons. The predicted octanol–water partition coefficient (Wildman–Crippen LogP) is 0.0657. The van der Waals surface area contributed by atoms with Gasteiger partial charge in [0.25, 0.3) is 0 Å². The van der Waals surface area contributed by atoms with Crippen LogP contribution < -0.4 is 5.32 Å². The lowest BCUT2D eigenvalue weighted by molar-refractivity contribution is 0.261. The van der Waals surface area contributed by atoms with Crippen molar-refractivity contribution in [2.75, 3.05) is 6.61 Å². The van der Waals surface area contributed by atoms with Gasteiger partial charge in [-0.3, -0.25) is 0 Å². The molecular formula is C9H18N4O. The van der Waals surface area contributed by atoms with Gasteiger partial charge in [-0.1, -0.05) is 6.92 Å². The molecule has 14 heavy (non-hydrogen) atoms. The summed E-state index contributed by atoms with van der Waals surface area (Å²) in [7, 11) is 1.92. The van der Waals surface area contributed by atoms with Gasteiger partial charge < -0.3 is 15.0 Å². The molecule has 0 aliphatic carbocycles. The predicted molar refractivity (Wildman–Crippen MR) is 53.6 cm³/mol. The number of hydrogen-bond donors (Lipinski definition) is 2. The lowest BCUT2D eigenvalue weighted by Crippen LogP contribution is -2.29. The number of rotatable bonds is 6. The minimum absolute atomic E-state index is 0.227. The molecular weight excluding hydrogens is 180 g/mol. The smallest absolute Gasteiger partial charge is 0.146 e. The van der Waals surface area contributed by atoms with Crippen LogP contribution in [0.25, 0.3) is 0 Å². The standard InChI is InChI=1S/C9H18N4O/c1-3-8(4-5-14)10-6-9-12-11-7-13(9)2/h7-8,10,14H,3-6H2,1-2H3. The monoisotopic (exact) mass is 198 g/mol. The van der Waals surface area contributed by atoms with E-state index in [-0.39, 0.29) is 6.61 Å². The normalized spacial score (nSPS) is 13.1. The number of hydrogen-bond acceptors (Lipinski definition) is 4. The molecule has 0 aromatic carbocycles. The van der Waals surface area contributed by atoms with Crippen molar-refractivity contribution < 1.29 is 5.11 Å². The van der Waals surface area contributed by atoms with E-state index < -0.39 is 0 Å². The summed E-state index contributed by atoms with van der Waals surface area (Å²) < 4.78 is 1.89. The largest absolute Gasteiger partial charge is 0.396 e. The van der Waals surface area contributed by atoms with Crippen molar-refractivity contribution in [2.45, 2.75) is 32.4 Å². The maximum absolute atomic E-state index is 8.81. The topological polar surface area (TPSA) is 63.0 Å². The Bertz CT molecular complexity index is 261. The number of nitrogens with one attached hydrogen (secondary N) is 1. The van der Waals surface area contributed by atoms with Gasteiger partial charge in [0, 0.05) is 19.7 Å². The van der Waals surface area contributed by atoms with Crippen LogP contribution in [-0.4, -0.2) is 32.5 Å². The molecule has 0 amide bonds. The van der Waals surface area contributed by atoms with Crippen LogP contribution in [-0.2, 0) is 13.6 Å². The van der Waals surface area contributed by atoms with Crippen LogP contribution in [0.1, 0.15) is 25.6 Å². The molecule has 0 fully saturated rings. The summed E-state index contributed by atoms with van der Waals surface area (Å²) in [4.78, 5) is 0. The van der Waals surface area contributed by atoms with Gasteiger partial charge in [0.2, 0.25) is 0 Å². The van der Waals surface area contributed by atoms with Gasteiger partial charge in [-0.05, 0) is 12.8 Å². The molecule has 0 aliphatic heterocycles. The summed E-state index contributed by atoms with van der Waals surface area (Å²) >= 11 is 0. The molecule has 0 radical (unpaired) electrons. The van der Waals surface area contributed by atoms with E-state index in [0.29, 0.717) is 12.6 Å². The fourth-order valence-electron chi connectivity index (χ4n) is 1.31. The zero-order chi connectivity index (χ0) is 10.4. The van der Waals surface area contributed by atoms with Crippen molar-refractivity contribution in [1.82, 2.24) is 20.1 Å². The van der Waals surface area contributed by atoms with Crippen LogP contribution >= 0.6 is 0 Å². The van der Waals surface area contributed by atoms with Crippen LogP contribution in [0.2, 0.25) is 0 Å². The molecule has 1 rings (SSSR count). The fraction of sp³-hybridized carbons (Fsp3) is 0.778. The second kappa shape index (κ2) is 5.72. The molecule has 0 saturated heterocycles. The summed E-state index contributed by atoms with van der Waals surface area (Å²) in [5, 5.41) is 19.9. The van der Waals surface area contributed by atoms with Gasteiger partial charge in [0.15, 0.2) is 0 Å². The van der Waals surface area contributed by atoms with Crippen LogP contribution in [0.15, 0.2) is 6.33 Å². The second-order valence-electron chi connectivity index (χ2n) is 3.36. The van der Waals surface area contributed by atoms with E-state index in [1.54, 1.807) is 6.33 Å². The molecule has 1 atom stereocenters. The average molecular weight is 198 g/mol. The van der Waals surface area contributed by atoms with Crippen molar-refractivity contribution in [3.05, 3.63) is 12.2 Å². The Labute approximate surface area is 84.2 Å². The highest BCUT2D eigenvalue weighted by atomic mass is 16.3. The minimum Gasteiger partial charge on any atom is -0.396 e.